The first-order chi connectivity index (χ1) is 21.2. The Morgan fingerprint density at radius 1 is 1.00 bits per heavy atom. The zero-order valence-electron chi connectivity index (χ0n) is 24.3. The van der Waals surface area contributed by atoms with Crippen LogP contribution in [0.1, 0.15) is 50.3 Å². The molecule has 0 radical (unpaired) electrons. The maximum absolute atomic E-state index is 12.5. The molecule has 2 aromatic carbocycles. The van der Waals surface area contributed by atoms with Gasteiger partial charge >= 0.3 is 0 Å². The van der Waals surface area contributed by atoms with E-state index in [0.29, 0.717) is 50.4 Å². The summed E-state index contributed by atoms with van der Waals surface area (Å²) in [5.74, 6) is 1.67. The summed E-state index contributed by atoms with van der Waals surface area (Å²) >= 11 is 0. The highest BCUT2D eigenvalue weighted by Crippen LogP contribution is 2.31. The third-order valence-electron chi connectivity index (χ3n) is 7.86. The smallest absolute Gasteiger partial charge is 0.260 e. The van der Waals surface area contributed by atoms with Crippen molar-refractivity contribution in [1.29, 1.82) is 5.41 Å². The second-order valence-corrected chi connectivity index (χ2v) is 10.9. The van der Waals surface area contributed by atoms with E-state index in [2.05, 4.69) is 10.6 Å². The van der Waals surface area contributed by atoms with Gasteiger partial charge in [0.05, 0.1) is 13.2 Å². The Hall–Kier alpha value is -4.00. The molecule has 43 heavy (non-hydrogen) atoms. The zero-order valence-corrected chi connectivity index (χ0v) is 24.3. The van der Waals surface area contributed by atoms with E-state index < -0.39 is 0 Å². The number of morpholine rings is 1. The molecule has 0 spiro atoms. The van der Waals surface area contributed by atoms with Gasteiger partial charge in [-0.15, -0.1) is 5.10 Å². The van der Waals surface area contributed by atoms with Crippen LogP contribution < -0.4 is 15.4 Å². The van der Waals surface area contributed by atoms with Crippen LogP contribution in [0.5, 0.6) is 5.75 Å². The lowest BCUT2D eigenvalue weighted by Gasteiger charge is -2.26. The summed E-state index contributed by atoms with van der Waals surface area (Å²) in [4.78, 5) is 19.1. The van der Waals surface area contributed by atoms with Crippen molar-refractivity contribution >= 4 is 29.4 Å². The van der Waals surface area contributed by atoms with Gasteiger partial charge in [0.1, 0.15) is 12.0 Å². The molecule has 3 N–H and O–H groups in total. The van der Waals surface area contributed by atoms with Gasteiger partial charge in [0, 0.05) is 55.0 Å². The molecule has 1 amide bonds. The molecule has 3 fully saturated rings. The van der Waals surface area contributed by atoms with E-state index in [0.717, 1.165) is 67.6 Å². The molecule has 3 aliphatic heterocycles. The number of hydrogen-bond donors (Lipinski definition) is 3. The number of rotatable bonds is 10. The number of anilines is 3. The van der Waals surface area contributed by atoms with Crippen LogP contribution in [0.3, 0.4) is 0 Å². The lowest BCUT2D eigenvalue weighted by Crippen LogP contribution is -2.42. The van der Waals surface area contributed by atoms with Gasteiger partial charge in [-0.1, -0.05) is 0 Å². The fraction of sp³-hybridized carbons (Fsp3) is 0.484. The van der Waals surface area contributed by atoms with Crippen molar-refractivity contribution in [3.8, 4) is 17.1 Å². The summed E-state index contributed by atoms with van der Waals surface area (Å²) in [6, 6.07) is 13.3. The second kappa shape index (κ2) is 14.0. The Kier molecular flexibility index (Phi) is 9.46. The van der Waals surface area contributed by atoms with E-state index >= 15 is 0 Å². The highest BCUT2D eigenvalue weighted by Gasteiger charge is 2.24. The van der Waals surface area contributed by atoms with Crippen molar-refractivity contribution < 1.29 is 23.7 Å². The van der Waals surface area contributed by atoms with Crippen LogP contribution in [0.2, 0.25) is 0 Å². The molecule has 4 heterocycles. The third kappa shape index (κ3) is 7.32. The fourth-order valence-electron chi connectivity index (χ4n) is 5.49. The van der Waals surface area contributed by atoms with E-state index in [1.807, 2.05) is 47.1 Å². The average Bonchev–Trinajstić information content (AvgIpc) is 3.49. The van der Waals surface area contributed by atoms with Gasteiger partial charge < -0.3 is 39.9 Å². The number of amides is 1. The van der Waals surface area contributed by atoms with Gasteiger partial charge in [-0.25, -0.2) is 4.68 Å². The van der Waals surface area contributed by atoms with E-state index in [9.17, 15) is 4.79 Å². The first-order valence-electron chi connectivity index (χ1n) is 15.1. The topological polar surface area (TPSA) is 136 Å². The maximum Gasteiger partial charge on any atom is 0.260 e. The molecule has 2 atom stereocenters. The number of aromatic nitrogens is 3. The Morgan fingerprint density at radius 3 is 2.51 bits per heavy atom. The van der Waals surface area contributed by atoms with E-state index in [-0.39, 0.29) is 25.0 Å². The van der Waals surface area contributed by atoms with Crippen molar-refractivity contribution in [3.63, 3.8) is 0 Å². The van der Waals surface area contributed by atoms with Crippen molar-refractivity contribution in [2.45, 2.75) is 51.0 Å². The molecular weight excluding hydrogens is 550 g/mol. The molecule has 3 aliphatic rings. The van der Waals surface area contributed by atoms with Gasteiger partial charge in [0.25, 0.3) is 5.91 Å². The standard InChI is InChI=1S/C31H39N7O5/c32-20-23-19-24(9-12-26(23)34-27-5-1-3-15-41-27)33-31-35-30(38(36-31)29-6-2-4-16-42-29)22-7-10-25(11-8-22)43-21-28(39)37-13-17-40-18-14-37/h7-12,19-20,27,29,32,34H,1-6,13-18,21H2,(H,33,36). The molecule has 1 aromatic heterocycles. The van der Waals surface area contributed by atoms with Crippen molar-refractivity contribution in [2.24, 2.45) is 0 Å². The fourth-order valence-corrected chi connectivity index (χ4v) is 5.49. The van der Waals surface area contributed by atoms with Gasteiger partial charge in [-0.2, -0.15) is 4.98 Å². The van der Waals surface area contributed by atoms with E-state index in [1.54, 1.807) is 4.90 Å². The molecule has 3 aromatic rings. The van der Waals surface area contributed by atoms with Crippen LogP contribution in [0.4, 0.5) is 17.3 Å². The van der Waals surface area contributed by atoms with Crippen LogP contribution in [0.15, 0.2) is 42.5 Å². The quantitative estimate of drug-likeness (QED) is 0.291. The SMILES string of the molecule is N=Cc1cc(Nc2nc(-c3ccc(OCC(=O)N4CCOCC4)cc3)n(C3CCCCO3)n2)ccc1NC1CCCCO1. The molecule has 0 bridgehead atoms. The first kappa shape index (κ1) is 29.1. The number of benzene rings is 2. The predicted molar refractivity (Wildman–Crippen MR) is 162 cm³/mol. The minimum atomic E-state index is -0.215. The molecule has 0 aliphatic carbocycles. The van der Waals surface area contributed by atoms with Crippen LogP contribution in [-0.4, -0.2) is 84.1 Å². The molecule has 2 unspecified atom stereocenters. The van der Waals surface area contributed by atoms with E-state index in [1.165, 1.54) is 6.21 Å². The first-order valence-corrected chi connectivity index (χ1v) is 15.1. The summed E-state index contributed by atoms with van der Waals surface area (Å²) < 4.78 is 24.8. The summed E-state index contributed by atoms with van der Waals surface area (Å²) in [7, 11) is 0. The Morgan fingerprint density at radius 2 is 1.79 bits per heavy atom. The largest absolute Gasteiger partial charge is 0.484 e. The van der Waals surface area contributed by atoms with E-state index in [4.69, 9.17) is 34.4 Å². The molecule has 3 saturated heterocycles. The van der Waals surface area contributed by atoms with Crippen LogP contribution in [0.25, 0.3) is 11.4 Å². The number of nitrogens with one attached hydrogen (secondary N) is 3. The Bertz CT molecular complexity index is 1380. The number of nitrogens with zero attached hydrogens (tertiary/aromatic N) is 4. The van der Waals surface area contributed by atoms with Gasteiger partial charge in [-0.3, -0.25) is 4.79 Å². The molecule has 228 valence electrons. The van der Waals surface area contributed by atoms with Crippen LogP contribution in [0, 0.1) is 5.41 Å². The third-order valence-corrected chi connectivity index (χ3v) is 7.86. The van der Waals surface area contributed by atoms with Crippen LogP contribution >= 0.6 is 0 Å². The Labute approximate surface area is 251 Å². The highest BCUT2D eigenvalue weighted by atomic mass is 16.5. The van der Waals surface area contributed by atoms with Crippen molar-refractivity contribution in [1.82, 2.24) is 19.7 Å². The highest BCUT2D eigenvalue weighted by molar-refractivity contribution is 5.88. The summed E-state index contributed by atoms with van der Waals surface area (Å²) in [6.45, 7) is 3.72. The Balaban J connectivity index is 1.17. The van der Waals surface area contributed by atoms with Gasteiger partial charge in [0.2, 0.25) is 5.95 Å². The minimum Gasteiger partial charge on any atom is -0.484 e. The predicted octanol–water partition coefficient (Wildman–Crippen LogP) is 4.56. The lowest BCUT2D eigenvalue weighted by molar-refractivity contribution is -0.137. The number of carbonyl (C=O) groups excluding carboxylic acids is 1. The van der Waals surface area contributed by atoms with Crippen molar-refractivity contribution in [2.75, 3.05) is 56.8 Å². The van der Waals surface area contributed by atoms with Crippen LogP contribution in [-0.2, 0) is 19.0 Å². The summed E-state index contributed by atoms with van der Waals surface area (Å²) in [6.07, 6.45) is 7.17. The molecule has 0 saturated carbocycles. The lowest BCUT2D eigenvalue weighted by atomic mass is 10.1. The molecule has 12 heteroatoms. The normalized spacial score (nSPS) is 20.8. The number of carbonyl (C=O) groups is 1. The monoisotopic (exact) mass is 589 g/mol. The minimum absolute atomic E-state index is 0.0146. The summed E-state index contributed by atoms with van der Waals surface area (Å²) in [5.41, 5.74) is 3.23. The molecule has 6 rings (SSSR count). The average molecular weight is 590 g/mol. The number of ether oxygens (including phenoxy) is 4. The summed E-state index contributed by atoms with van der Waals surface area (Å²) in [5, 5.41) is 19.5. The second-order valence-electron chi connectivity index (χ2n) is 10.9. The zero-order chi connectivity index (χ0) is 29.4. The van der Waals surface area contributed by atoms with Gasteiger partial charge in [0.15, 0.2) is 18.7 Å². The maximum atomic E-state index is 12.5. The molecule has 12 nitrogen and oxygen atoms in total. The molecular formula is C31H39N7O5. The van der Waals surface area contributed by atoms with Crippen molar-refractivity contribution in [3.05, 3.63) is 48.0 Å². The van der Waals surface area contributed by atoms with Gasteiger partial charge in [-0.05, 0) is 81.0 Å². The number of hydrogen-bond acceptors (Lipinski definition) is 10.